The first kappa shape index (κ1) is 77.2. The predicted molar refractivity (Wildman–Crippen MR) is 449 cm³/mol. The van der Waals surface area contributed by atoms with Crippen LogP contribution in [0, 0.1) is 6.67 Å². The van der Waals surface area contributed by atoms with Gasteiger partial charge in [-0.3, -0.25) is 0 Å². The van der Waals surface area contributed by atoms with Gasteiger partial charge in [0.15, 0.2) is 0 Å². The molecule has 0 amide bonds. The van der Waals surface area contributed by atoms with Crippen molar-refractivity contribution >= 4 is 11.4 Å². The van der Waals surface area contributed by atoms with Crippen LogP contribution < -0.4 is 19.3 Å². The molecule has 1 heterocycles. The predicted octanol–water partition coefficient (Wildman–Crippen LogP) is 25.2. The maximum absolute atomic E-state index is 6.83. The maximum Gasteiger partial charge on any atom is 0.217 e. The molecule has 4 heteroatoms. The highest BCUT2D eigenvalue weighted by molar-refractivity contribution is 5.79. The van der Waals surface area contributed by atoms with E-state index in [0.29, 0.717) is 0 Å². The van der Waals surface area contributed by atoms with E-state index in [4.69, 9.17) is 9.47 Å². The molecule has 4 nitrogen and oxygen atoms in total. The van der Waals surface area contributed by atoms with Gasteiger partial charge in [-0.15, -0.1) is 0 Å². The van der Waals surface area contributed by atoms with Crippen molar-refractivity contribution in [1.29, 1.82) is 0 Å². The second-order valence-electron chi connectivity index (χ2n) is 29.5. The summed E-state index contributed by atoms with van der Waals surface area (Å²) < 4.78 is 13.7. The Morgan fingerprint density at radius 1 is 0.210 bits per heavy atom. The van der Waals surface area contributed by atoms with Gasteiger partial charge in [0.1, 0.15) is 11.5 Å². The van der Waals surface area contributed by atoms with Crippen molar-refractivity contribution in [3.8, 4) is 11.5 Å². The van der Waals surface area contributed by atoms with E-state index in [9.17, 15) is 0 Å². The monoisotopic (exact) mass is 1390 g/mol. The summed E-state index contributed by atoms with van der Waals surface area (Å²) in [5, 5.41) is 0. The van der Waals surface area contributed by atoms with E-state index in [0.717, 1.165) is 126 Å². The first-order chi connectivity index (χ1) is 51.1. The minimum Gasteiger partial charge on any atom is -0.497 e. The minimum atomic E-state index is -0.219. The Bertz CT molecular complexity index is 3730. The number of rotatable bonds is 32. The van der Waals surface area contributed by atoms with Gasteiger partial charge in [0.25, 0.3) is 0 Å². The minimum absolute atomic E-state index is 0.219. The van der Waals surface area contributed by atoms with E-state index in [2.05, 4.69) is 310 Å². The second-order valence-corrected chi connectivity index (χ2v) is 29.5. The third kappa shape index (κ3) is 17.0. The zero-order valence-corrected chi connectivity index (χ0v) is 67.2. The summed E-state index contributed by atoms with van der Waals surface area (Å²) in [6.45, 7) is 41.4. The Balaban J connectivity index is 1.33. The molecule has 0 saturated heterocycles. The van der Waals surface area contributed by atoms with Gasteiger partial charge in [-0.1, -0.05) is 256 Å². The quantitative estimate of drug-likeness (QED) is 0.0392. The van der Waals surface area contributed by atoms with E-state index < -0.39 is 0 Å². The molecule has 0 fully saturated rings. The molecule has 2 radical (unpaired) electrons. The molecule has 0 bridgehead atoms. The number of nitrogens with zero attached hydrogens (tertiary/aromatic N) is 2. The lowest BCUT2D eigenvalue weighted by Gasteiger charge is -2.35. The first-order valence-corrected chi connectivity index (χ1v) is 40.6. The van der Waals surface area contributed by atoms with Crippen molar-refractivity contribution in [1.82, 2.24) is 0 Å². The molecule has 0 N–H and O–H groups in total. The van der Waals surface area contributed by atoms with E-state index in [1.165, 1.54) is 156 Å². The van der Waals surface area contributed by atoms with Gasteiger partial charge < -0.3 is 19.3 Å². The van der Waals surface area contributed by atoms with Crippen LogP contribution in [0.5, 0.6) is 11.5 Å². The molecule has 0 saturated carbocycles. The number of methoxy groups -OCH3 is 2. The normalized spacial score (nSPS) is 12.4. The number of ether oxygens (including phenoxy) is 2. The molecule has 105 heavy (non-hydrogen) atoms. The Morgan fingerprint density at radius 2 is 0.343 bits per heavy atom. The smallest absolute Gasteiger partial charge is 0.217 e. The van der Waals surface area contributed by atoms with Crippen LogP contribution in [-0.2, 0) is 103 Å². The summed E-state index contributed by atoms with van der Waals surface area (Å²) >= 11 is 0. The number of benzene rings is 10. The Hall–Kier alpha value is -8.86. The molecule has 0 aromatic heterocycles. The number of hydrogen-bond acceptors (Lipinski definition) is 4. The highest BCUT2D eigenvalue weighted by Crippen LogP contribution is 2.53. The summed E-state index contributed by atoms with van der Waals surface area (Å²) in [6, 6.07) is 69.4. The first-order valence-electron chi connectivity index (χ1n) is 40.6. The molecule has 0 spiro atoms. The summed E-state index contributed by atoms with van der Waals surface area (Å²) in [6.07, 6.45) is 19.6. The number of hydrogen-bond donors (Lipinski definition) is 0. The van der Waals surface area contributed by atoms with E-state index in [1.54, 1.807) is 0 Å². The molecule has 10 aromatic carbocycles. The Morgan fingerprint density at radius 3 is 0.457 bits per heavy atom. The molecule has 10 aromatic rings. The third-order valence-electron chi connectivity index (χ3n) is 22.9. The van der Waals surface area contributed by atoms with Crippen molar-refractivity contribution in [2.45, 2.75) is 237 Å². The number of anilines is 2. The van der Waals surface area contributed by atoms with Gasteiger partial charge in [-0.25, -0.2) is 0 Å². The van der Waals surface area contributed by atoms with Gasteiger partial charge in [-0.2, -0.15) is 0 Å². The SMILES string of the molecule is CCc1cc(CC)cc(C(c2cc(CC)cc(CC)c2)c2cc(OC)cc(C(c3cc(CC)cc(CC)c3)c3cc(CC)cc(CC)c3)c2N2[C]N(c3c(C(c4cc(CC)cc(CC)c4)c4cc(CC)cc(CC)c4)cc(OC)cc3C(c3cc(CC)cc(CC)c3)c3cc(CC)cc(CC)c3)C=C2)c1. The molecule has 0 aliphatic carbocycles. The lowest BCUT2D eigenvalue weighted by atomic mass is 9.76. The van der Waals surface area contributed by atoms with Gasteiger partial charge in [0.05, 0.1) is 25.6 Å². The fourth-order valence-corrected chi connectivity index (χ4v) is 16.7. The topological polar surface area (TPSA) is 24.9 Å². The molecular formula is C101H120N2O2. The van der Waals surface area contributed by atoms with Crippen LogP contribution in [0.2, 0.25) is 0 Å². The summed E-state index contributed by atoms with van der Waals surface area (Å²) in [5.74, 6) is 0.796. The highest BCUT2D eigenvalue weighted by Gasteiger charge is 2.38. The van der Waals surface area contributed by atoms with Crippen molar-refractivity contribution < 1.29 is 9.47 Å². The summed E-state index contributed by atoms with van der Waals surface area (Å²) in [4.78, 5) is 4.85. The van der Waals surface area contributed by atoms with Gasteiger partial charge >= 0.3 is 0 Å². The third-order valence-corrected chi connectivity index (χ3v) is 22.9. The van der Waals surface area contributed by atoms with E-state index in [1.807, 2.05) is 14.2 Å². The highest BCUT2D eigenvalue weighted by atomic mass is 16.5. The molecule has 0 unspecified atom stereocenters. The molecule has 1 aliphatic heterocycles. The molecule has 11 rings (SSSR count). The van der Waals surface area contributed by atoms with Crippen LogP contribution in [0.1, 0.15) is 290 Å². The molecular weight excluding hydrogens is 1270 g/mol. The lowest BCUT2D eigenvalue weighted by Crippen LogP contribution is -2.25. The van der Waals surface area contributed by atoms with E-state index >= 15 is 0 Å². The van der Waals surface area contributed by atoms with Crippen LogP contribution in [0.15, 0.2) is 182 Å². The van der Waals surface area contributed by atoms with Gasteiger partial charge in [-0.05, 0) is 283 Å². The van der Waals surface area contributed by atoms with Crippen molar-refractivity contribution in [3.05, 3.63) is 345 Å². The Labute approximate surface area is 634 Å². The number of aryl methyl sites for hydroxylation is 16. The zero-order chi connectivity index (χ0) is 74.6. The van der Waals surface area contributed by atoms with Gasteiger partial charge in [0.2, 0.25) is 6.67 Å². The molecule has 546 valence electrons. The van der Waals surface area contributed by atoms with Crippen LogP contribution in [0.4, 0.5) is 11.4 Å². The maximum atomic E-state index is 6.83. The van der Waals surface area contributed by atoms with Gasteiger partial charge in [0, 0.05) is 36.1 Å². The van der Waals surface area contributed by atoms with E-state index in [-0.39, 0.29) is 23.7 Å². The van der Waals surface area contributed by atoms with Crippen molar-refractivity contribution in [2.24, 2.45) is 0 Å². The largest absolute Gasteiger partial charge is 0.497 e. The van der Waals surface area contributed by atoms with Crippen LogP contribution in [-0.4, -0.2) is 14.2 Å². The average Bonchev–Trinajstić information content (AvgIpc) is 0.902. The molecule has 1 aliphatic rings. The van der Waals surface area contributed by atoms with Crippen LogP contribution in [0.3, 0.4) is 0 Å². The standard InChI is InChI=1S/C101H120N2O2/c1-19-66-37-67(20-2)46-82(45-66)96(83-47-68(21-3)38-69(22-4)48-83)92-61-90(104-17)62-93(97(84-49-70(23-5)39-71(24-6)50-84)85-51-72(25-7)40-73(26-8)52-85)100(92)102-35-36-103(65-102)101-94(98(86-53-74(27-9)41-75(28-10)54-86)87-55-76(29-11)42-77(30-12)56-87)63-91(105-18)64-95(101)99(88-57-78(31-13)43-79(32-14)58-88)89-59-80(33-15)44-81(34-16)60-89/h35-64,96-99H,19-34H2,1-18H3. The lowest BCUT2D eigenvalue weighted by molar-refractivity contribution is 0.413. The zero-order valence-electron chi connectivity index (χ0n) is 67.2. The fraction of sp³-hybridized carbons (Fsp3) is 0.376. The second kappa shape index (κ2) is 35.5. The molecule has 0 atom stereocenters. The fourth-order valence-electron chi connectivity index (χ4n) is 16.7. The average molecular weight is 1390 g/mol. The van der Waals surface area contributed by atoms with Crippen molar-refractivity contribution in [3.63, 3.8) is 0 Å². The van der Waals surface area contributed by atoms with Crippen LogP contribution >= 0.6 is 0 Å². The summed E-state index contributed by atoms with van der Waals surface area (Å²) in [7, 11) is 3.75. The van der Waals surface area contributed by atoms with Crippen LogP contribution in [0.25, 0.3) is 0 Å². The van der Waals surface area contributed by atoms with Crippen molar-refractivity contribution in [2.75, 3.05) is 24.0 Å². The Kier molecular flexibility index (Phi) is 26.1. The summed E-state index contributed by atoms with van der Waals surface area (Å²) in [5.41, 5.74) is 38.7.